The molecule has 0 radical (unpaired) electrons. The maximum Gasteiger partial charge on any atom is 0.326 e. The molecule has 0 spiro atoms. The lowest BCUT2D eigenvalue weighted by Crippen LogP contribution is -2.39. The van der Waals surface area contributed by atoms with Gasteiger partial charge in [-0.05, 0) is 44.0 Å². The highest BCUT2D eigenvalue weighted by atomic mass is 79.9. The predicted molar refractivity (Wildman–Crippen MR) is 78.8 cm³/mol. The monoisotopic (exact) mass is 384 g/mol. The van der Waals surface area contributed by atoms with Crippen molar-refractivity contribution in [2.75, 3.05) is 12.4 Å². The summed E-state index contributed by atoms with van der Waals surface area (Å²) in [7, 11) is 1.49. The van der Waals surface area contributed by atoms with Gasteiger partial charge < -0.3 is 11.1 Å². The van der Waals surface area contributed by atoms with Crippen molar-refractivity contribution < 1.29 is 4.79 Å². The number of carbonyl (C=O) groups is 1. The van der Waals surface area contributed by atoms with Gasteiger partial charge in [-0.1, -0.05) is 6.07 Å². The van der Waals surface area contributed by atoms with Crippen LogP contribution in [0, 0.1) is 0 Å². The number of nitrogens with one attached hydrogen (secondary N) is 2. The van der Waals surface area contributed by atoms with E-state index in [2.05, 4.69) is 47.5 Å². The Labute approximate surface area is 122 Å². The van der Waals surface area contributed by atoms with Crippen molar-refractivity contribution >= 4 is 61.9 Å². The van der Waals surface area contributed by atoms with E-state index in [1.165, 1.54) is 7.05 Å². The van der Waals surface area contributed by atoms with Gasteiger partial charge >= 0.3 is 6.03 Å². The zero-order valence-electron chi connectivity index (χ0n) is 8.83. The summed E-state index contributed by atoms with van der Waals surface area (Å²) in [5, 5.41) is 5.01. The van der Waals surface area contributed by atoms with Crippen molar-refractivity contribution in [1.82, 2.24) is 5.32 Å². The Bertz CT molecular complexity index is 419. The van der Waals surface area contributed by atoms with Crippen LogP contribution in [0.3, 0.4) is 0 Å². The Kier molecular flexibility index (Phi) is 7.17. The maximum absolute atomic E-state index is 11.5. The molecule has 0 bridgehead atoms. The summed E-state index contributed by atoms with van der Waals surface area (Å²) in [6.45, 7) is 0. The maximum atomic E-state index is 11.5. The summed E-state index contributed by atoms with van der Waals surface area (Å²) >= 11 is 6.65. The second kappa shape index (κ2) is 7.52. The Morgan fingerprint density at radius 2 is 1.88 bits per heavy atom. The smallest absolute Gasteiger partial charge is 0.326 e. The molecular weight excluding hydrogens is 375 g/mol. The molecule has 0 atom stereocenters. The van der Waals surface area contributed by atoms with E-state index in [4.69, 9.17) is 5.73 Å². The Hall–Kier alpha value is -0.790. The molecule has 1 aromatic carbocycles. The molecule has 0 aliphatic heterocycles. The third kappa shape index (κ3) is 4.93. The summed E-state index contributed by atoms with van der Waals surface area (Å²) in [4.78, 5) is 15.1. The molecular formula is C9H11Br2ClN4O. The number of aliphatic imine (C=N–C) groups is 1. The highest BCUT2D eigenvalue weighted by molar-refractivity contribution is 9.11. The lowest BCUT2D eigenvalue weighted by atomic mass is 10.3. The first-order valence-corrected chi connectivity index (χ1v) is 5.87. The molecule has 0 saturated heterocycles. The SMILES string of the molecule is CN=C(N)NC(=O)Nc1c(Br)cccc1Br.Cl. The van der Waals surface area contributed by atoms with Gasteiger partial charge in [0, 0.05) is 16.0 Å². The number of urea groups is 1. The van der Waals surface area contributed by atoms with Crippen molar-refractivity contribution in [2.45, 2.75) is 0 Å². The second-order valence-electron chi connectivity index (χ2n) is 2.78. The molecule has 0 aliphatic rings. The van der Waals surface area contributed by atoms with Gasteiger partial charge in [-0.25, -0.2) is 4.79 Å². The van der Waals surface area contributed by atoms with E-state index >= 15 is 0 Å². The largest absolute Gasteiger partial charge is 0.370 e. The van der Waals surface area contributed by atoms with Crippen molar-refractivity contribution in [2.24, 2.45) is 10.7 Å². The standard InChI is InChI=1S/C9H10Br2N4O.ClH/c1-13-8(12)15-9(16)14-7-5(10)3-2-4-6(7)11;/h2-4H,1H3,(H4,12,13,14,15,16);1H. The van der Waals surface area contributed by atoms with E-state index in [1.807, 2.05) is 18.2 Å². The molecule has 0 fully saturated rings. The van der Waals surface area contributed by atoms with Crippen molar-refractivity contribution in [1.29, 1.82) is 0 Å². The third-order valence-electron chi connectivity index (χ3n) is 1.68. The molecule has 0 heterocycles. The molecule has 4 N–H and O–H groups in total. The van der Waals surface area contributed by atoms with Crippen LogP contribution in [0.5, 0.6) is 0 Å². The summed E-state index contributed by atoms with van der Waals surface area (Å²) in [5.74, 6) is 0.0562. The average Bonchev–Trinajstić information content (AvgIpc) is 2.23. The second-order valence-corrected chi connectivity index (χ2v) is 4.49. The fourth-order valence-electron chi connectivity index (χ4n) is 0.934. The summed E-state index contributed by atoms with van der Waals surface area (Å²) < 4.78 is 1.54. The molecule has 0 aliphatic carbocycles. The third-order valence-corrected chi connectivity index (χ3v) is 3.01. The normalized spacial score (nSPS) is 10.4. The minimum absolute atomic E-state index is 0. The van der Waals surface area contributed by atoms with E-state index in [-0.39, 0.29) is 18.4 Å². The van der Waals surface area contributed by atoms with Crippen molar-refractivity contribution in [3.8, 4) is 0 Å². The van der Waals surface area contributed by atoms with E-state index in [0.29, 0.717) is 5.69 Å². The van der Waals surface area contributed by atoms with Crippen molar-refractivity contribution in [3.05, 3.63) is 27.1 Å². The molecule has 2 amide bonds. The van der Waals surface area contributed by atoms with Crippen LogP contribution in [0.4, 0.5) is 10.5 Å². The number of carbonyl (C=O) groups excluding carboxylic acids is 1. The van der Waals surface area contributed by atoms with Gasteiger partial charge in [0.1, 0.15) is 0 Å². The van der Waals surface area contributed by atoms with E-state index < -0.39 is 6.03 Å². The van der Waals surface area contributed by atoms with Crippen LogP contribution in [0.1, 0.15) is 0 Å². The zero-order chi connectivity index (χ0) is 12.1. The number of nitrogens with two attached hydrogens (primary N) is 1. The predicted octanol–water partition coefficient (Wildman–Crippen LogP) is 2.70. The fourth-order valence-corrected chi connectivity index (χ4v) is 2.13. The van der Waals surface area contributed by atoms with E-state index in [1.54, 1.807) is 0 Å². The van der Waals surface area contributed by atoms with Crippen molar-refractivity contribution in [3.63, 3.8) is 0 Å². The van der Waals surface area contributed by atoms with Crippen LogP contribution >= 0.6 is 44.3 Å². The Morgan fingerprint density at radius 3 is 2.35 bits per heavy atom. The number of amides is 2. The molecule has 0 unspecified atom stereocenters. The molecule has 8 heteroatoms. The first-order chi connectivity index (χ1) is 7.54. The first-order valence-electron chi connectivity index (χ1n) is 4.29. The highest BCUT2D eigenvalue weighted by Crippen LogP contribution is 2.30. The van der Waals surface area contributed by atoms with Crippen LogP contribution in [-0.4, -0.2) is 19.0 Å². The quantitative estimate of drug-likeness (QED) is 0.512. The summed E-state index contributed by atoms with van der Waals surface area (Å²) in [5.41, 5.74) is 5.99. The lowest BCUT2D eigenvalue weighted by molar-refractivity contribution is 0.256. The highest BCUT2D eigenvalue weighted by Gasteiger charge is 2.08. The zero-order valence-corrected chi connectivity index (χ0v) is 12.8. The van der Waals surface area contributed by atoms with Gasteiger partial charge in [0.05, 0.1) is 5.69 Å². The van der Waals surface area contributed by atoms with Gasteiger partial charge in [0.2, 0.25) is 0 Å². The van der Waals surface area contributed by atoms with Gasteiger partial charge in [0.15, 0.2) is 5.96 Å². The average molecular weight is 386 g/mol. The van der Waals surface area contributed by atoms with Crippen LogP contribution in [-0.2, 0) is 0 Å². The number of nitrogens with zero attached hydrogens (tertiary/aromatic N) is 1. The van der Waals surface area contributed by atoms with Crippen LogP contribution in [0.25, 0.3) is 0 Å². The Morgan fingerprint density at radius 1 is 1.35 bits per heavy atom. The molecule has 0 aromatic heterocycles. The van der Waals surface area contributed by atoms with Crippen LogP contribution in [0.15, 0.2) is 32.1 Å². The summed E-state index contributed by atoms with van der Waals surface area (Å²) in [6, 6.07) is 5.03. The fraction of sp³-hybridized carbons (Fsp3) is 0.111. The van der Waals surface area contributed by atoms with Gasteiger partial charge in [-0.3, -0.25) is 10.3 Å². The van der Waals surface area contributed by atoms with Crippen LogP contribution in [0.2, 0.25) is 0 Å². The minimum atomic E-state index is -0.448. The van der Waals surface area contributed by atoms with Gasteiger partial charge in [-0.15, -0.1) is 12.4 Å². The van der Waals surface area contributed by atoms with Gasteiger partial charge in [-0.2, -0.15) is 0 Å². The lowest BCUT2D eigenvalue weighted by Gasteiger charge is -2.09. The molecule has 1 rings (SSSR count). The molecule has 5 nitrogen and oxygen atoms in total. The first kappa shape index (κ1) is 16.2. The number of para-hydroxylation sites is 1. The topological polar surface area (TPSA) is 79.5 Å². The number of hydrogen-bond acceptors (Lipinski definition) is 2. The minimum Gasteiger partial charge on any atom is -0.370 e. The number of guanidine groups is 1. The Balaban J connectivity index is 0.00000256. The summed E-state index contributed by atoms with van der Waals surface area (Å²) in [6.07, 6.45) is 0. The number of anilines is 1. The number of halogens is 3. The van der Waals surface area contributed by atoms with E-state index in [9.17, 15) is 4.79 Å². The van der Waals surface area contributed by atoms with Crippen LogP contribution < -0.4 is 16.4 Å². The number of benzene rings is 1. The molecule has 94 valence electrons. The van der Waals surface area contributed by atoms with E-state index in [0.717, 1.165) is 8.95 Å². The number of hydrogen-bond donors (Lipinski definition) is 3. The molecule has 17 heavy (non-hydrogen) atoms. The molecule has 0 saturated carbocycles. The number of rotatable bonds is 1. The molecule has 1 aromatic rings. The van der Waals surface area contributed by atoms with Gasteiger partial charge in [0.25, 0.3) is 0 Å².